The molecule has 1 atom stereocenters. The molecule has 5 nitrogen and oxygen atoms in total. The first-order valence-electron chi connectivity index (χ1n) is 7.25. The summed E-state index contributed by atoms with van der Waals surface area (Å²) in [5.41, 5.74) is 0.290. The summed E-state index contributed by atoms with van der Waals surface area (Å²) in [6.07, 6.45) is -2.75. The molecule has 1 heterocycles. The van der Waals surface area contributed by atoms with Crippen molar-refractivity contribution in [1.29, 1.82) is 0 Å². The van der Waals surface area contributed by atoms with Crippen LogP contribution in [0.4, 0.5) is 17.6 Å². The first kappa shape index (κ1) is 20.6. The maximum absolute atomic E-state index is 13.2. The maximum Gasteiger partial charge on any atom is 0.490 e. The van der Waals surface area contributed by atoms with Crippen LogP contribution in [0.5, 0.6) is 0 Å². The van der Waals surface area contributed by atoms with Crippen molar-refractivity contribution in [3.8, 4) is 0 Å². The number of rotatable bonds is 1. The van der Waals surface area contributed by atoms with E-state index < -0.39 is 17.6 Å². The van der Waals surface area contributed by atoms with Crippen molar-refractivity contribution in [3.05, 3.63) is 35.6 Å². The lowest BCUT2D eigenvalue weighted by molar-refractivity contribution is -0.192. The lowest BCUT2D eigenvalue weighted by Crippen LogP contribution is -2.36. The second kappa shape index (κ2) is 7.62. The van der Waals surface area contributed by atoms with Crippen molar-refractivity contribution in [2.24, 2.45) is 10.5 Å². The monoisotopic (exact) mass is 362 g/mol. The Morgan fingerprint density at radius 3 is 2.24 bits per heavy atom. The normalized spacial score (nSPS) is 17.1. The van der Waals surface area contributed by atoms with Crippen LogP contribution in [0.1, 0.15) is 38.8 Å². The Kier molecular flexibility index (Phi) is 6.28. The topological polar surface area (TPSA) is 70.0 Å². The van der Waals surface area contributed by atoms with Gasteiger partial charge in [0.1, 0.15) is 5.82 Å². The van der Waals surface area contributed by atoms with Crippen LogP contribution in [0, 0.1) is 11.2 Å². The van der Waals surface area contributed by atoms with Gasteiger partial charge in [-0.25, -0.2) is 14.2 Å². The van der Waals surface area contributed by atoms with Crippen LogP contribution in [0.3, 0.4) is 0 Å². The quantitative estimate of drug-likeness (QED) is 0.774. The highest BCUT2D eigenvalue weighted by Crippen LogP contribution is 2.32. The van der Waals surface area contributed by atoms with Gasteiger partial charge in [0.2, 0.25) is 5.91 Å². The molecular formula is C16H18F4N2O3. The van der Waals surface area contributed by atoms with Gasteiger partial charge in [0.25, 0.3) is 0 Å². The highest BCUT2D eigenvalue weighted by Gasteiger charge is 2.38. The van der Waals surface area contributed by atoms with Crippen molar-refractivity contribution in [2.45, 2.75) is 39.4 Å². The summed E-state index contributed by atoms with van der Waals surface area (Å²) in [4.78, 5) is 21.1. The van der Waals surface area contributed by atoms with E-state index in [-0.39, 0.29) is 17.8 Å². The SMILES string of the molecule is CC(C)(C)C(=O)N1N=CCC1c1cccc(F)c1.O=C(O)C(F)(F)F. The van der Waals surface area contributed by atoms with Gasteiger partial charge >= 0.3 is 12.1 Å². The first-order valence-corrected chi connectivity index (χ1v) is 7.25. The molecule has 1 amide bonds. The van der Waals surface area contributed by atoms with Gasteiger partial charge in [-0.15, -0.1) is 0 Å². The Morgan fingerprint density at radius 2 is 1.80 bits per heavy atom. The van der Waals surface area contributed by atoms with Gasteiger partial charge < -0.3 is 5.11 Å². The molecule has 0 spiro atoms. The van der Waals surface area contributed by atoms with E-state index in [1.54, 1.807) is 12.3 Å². The molecule has 0 saturated heterocycles. The molecule has 1 aromatic rings. The van der Waals surface area contributed by atoms with E-state index >= 15 is 0 Å². The highest BCUT2D eigenvalue weighted by atomic mass is 19.4. The molecular weight excluding hydrogens is 344 g/mol. The van der Waals surface area contributed by atoms with Crippen molar-refractivity contribution >= 4 is 18.1 Å². The Balaban J connectivity index is 0.000000381. The number of carbonyl (C=O) groups excluding carboxylic acids is 1. The fraction of sp³-hybridized carbons (Fsp3) is 0.438. The second-order valence-corrected chi connectivity index (χ2v) is 6.31. The molecule has 1 N–H and O–H groups in total. The zero-order valence-electron chi connectivity index (χ0n) is 13.8. The van der Waals surface area contributed by atoms with Gasteiger partial charge in [0, 0.05) is 18.1 Å². The second-order valence-electron chi connectivity index (χ2n) is 6.31. The van der Waals surface area contributed by atoms with Crippen LogP contribution in [0.15, 0.2) is 29.4 Å². The van der Waals surface area contributed by atoms with Crippen LogP contribution < -0.4 is 0 Å². The number of hydrazone groups is 1. The van der Waals surface area contributed by atoms with Crippen molar-refractivity contribution in [1.82, 2.24) is 5.01 Å². The molecule has 1 aliphatic heterocycles. The Morgan fingerprint density at radius 1 is 1.24 bits per heavy atom. The van der Waals surface area contributed by atoms with Gasteiger partial charge in [-0.3, -0.25) is 4.79 Å². The minimum atomic E-state index is -5.08. The lowest BCUT2D eigenvalue weighted by Gasteiger charge is -2.28. The molecule has 9 heteroatoms. The summed E-state index contributed by atoms with van der Waals surface area (Å²) in [5, 5.41) is 12.7. The van der Waals surface area contributed by atoms with Crippen molar-refractivity contribution in [2.75, 3.05) is 0 Å². The standard InChI is InChI=1S/C14H17FN2O.C2HF3O2/c1-14(2,3)13(18)17-12(7-8-16-17)10-5-4-6-11(15)9-10;3-2(4,5)1(6)7/h4-6,8-9,12H,7H2,1-3H3;(H,6,7). The largest absolute Gasteiger partial charge is 0.490 e. The summed E-state index contributed by atoms with van der Waals surface area (Å²) >= 11 is 0. The van der Waals surface area contributed by atoms with Crippen molar-refractivity contribution in [3.63, 3.8) is 0 Å². The van der Waals surface area contributed by atoms with Crippen LogP contribution in [0.2, 0.25) is 0 Å². The molecule has 0 aromatic heterocycles. The fourth-order valence-corrected chi connectivity index (χ4v) is 1.94. The molecule has 1 aromatic carbocycles. The Hall–Kier alpha value is -2.45. The predicted molar refractivity (Wildman–Crippen MR) is 82.2 cm³/mol. The van der Waals surface area contributed by atoms with E-state index in [1.165, 1.54) is 17.1 Å². The Bertz CT molecular complexity index is 666. The summed E-state index contributed by atoms with van der Waals surface area (Å²) < 4.78 is 45.0. The van der Waals surface area contributed by atoms with Crippen LogP contribution in [-0.2, 0) is 9.59 Å². The molecule has 1 unspecified atom stereocenters. The van der Waals surface area contributed by atoms with Gasteiger partial charge in [-0.2, -0.15) is 18.3 Å². The van der Waals surface area contributed by atoms with Gasteiger partial charge in [0.05, 0.1) is 6.04 Å². The molecule has 0 radical (unpaired) electrons. The van der Waals surface area contributed by atoms with Gasteiger partial charge in [-0.05, 0) is 17.7 Å². The maximum atomic E-state index is 13.2. The van der Waals surface area contributed by atoms with Gasteiger partial charge in [-0.1, -0.05) is 32.9 Å². The van der Waals surface area contributed by atoms with E-state index in [1.807, 2.05) is 26.8 Å². The fourth-order valence-electron chi connectivity index (χ4n) is 1.94. The molecule has 2 rings (SSSR count). The highest BCUT2D eigenvalue weighted by molar-refractivity contribution is 5.84. The number of benzene rings is 1. The van der Waals surface area contributed by atoms with E-state index in [0.717, 1.165) is 5.56 Å². The summed E-state index contributed by atoms with van der Waals surface area (Å²) in [5.74, 6) is -3.10. The summed E-state index contributed by atoms with van der Waals surface area (Å²) in [7, 11) is 0. The number of carboxylic acid groups (broad SMARTS) is 1. The third-order valence-corrected chi connectivity index (χ3v) is 3.16. The third-order valence-electron chi connectivity index (χ3n) is 3.16. The summed E-state index contributed by atoms with van der Waals surface area (Å²) in [6, 6.07) is 6.15. The lowest BCUT2D eigenvalue weighted by atomic mass is 9.94. The van der Waals surface area contributed by atoms with Crippen LogP contribution >= 0.6 is 0 Å². The molecule has 138 valence electrons. The number of halogens is 4. The van der Waals surface area contributed by atoms with E-state index in [2.05, 4.69) is 5.10 Å². The van der Waals surface area contributed by atoms with Gasteiger partial charge in [0.15, 0.2) is 0 Å². The van der Waals surface area contributed by atoms with E-state index in [4.69, 9.17) is 9.90 Å². The number of amides is 1. The van der Waals surface area contributed by atoms with Crippen LogP contribution in [0.25, 0.3) is 0 Å². The Labute approximate surface area is 141 Å². The number of nitrogens with zero attached hydrogens (tertiary/aromatic N) is 2. The smallest absolute Gasteiger partial charge is 0.475 e. The molecule has 25 heavy (non-hydrogen) atoms. The molecule has 0 aliphatic carbocycles. The molecule has 0 saturated carbocycles. The third kappa shape index (κ3) is 5.84. The number of aliphatic carboxylic acids is 1. The van der Waals surface area contributed by atoms with Crippen molar-refractivity contribution < 1.29 is 32.3 Å². The minimum Gasteiger partial charge on any atom is -0.475 e. The number of carbonyl (C=O) groups is 2. The predicted octanol–water partition coefficient (Wildman–Crippen LogP) is 3.76. The first-order chi connectivity index (χ1) is 11.3. The number of hydrogen-bond acceptors (Lipinski definition) is 3. The summed E-state index contributed by atoms with van der Waals surface area (Å²) in [6.45, 7) is 5.56. The zero-order valence-corrected chi connectivity index (χ0v) is 13.8. The minimum absolute atomic E-state index is 0.0505. The molecule has 1 aliphatic rings. The zero-order chi connectivity index (χ0) is 19.4. The number of carboxylic acids is 1. The number of alkyl halides is 3. The van der Waals surface area contributed by atoms with Crippen LogP contribution in [-0.4, -0.2) is 34.4 Å². The molecule has 0 fully saturated rings. The average Bonchev–Trinajstić information content (AvgIpc) is 2.94. The number of hydrogen-bond donors (Lipinski definition) is 1. The molecule has 0 bridgehead atoms. The van der Waals surface area contributed by atoms with E-state index in [9.17, 15) is 22.4 Å². The average molecular weight is 362 g/mol. The van der Waals surface area contributed by atoms with E-state index in [0.29, 0.717) is 6.42 Å².